The van der Waals surface area contributed by atoms with Crippen LogP contribution in [0.25, 0.3) is 0 Å². The normalized spacial score (nSPS) is 22.6. The molecule has 1 aromatic rings. The maximum absolute atomic E-state index is 11.7. The zero-order chi connectivity index (χ0) is 12.5. The van der Waals surface area contributed by atoms with Gasteiger partial charge in [-0.3, -0.25) is 4.79 Å². The summed E-state index contributed by atoms with van der Waals surface area (Å²) in [5, 5.41) is 0. The number of Topliss-reactive ketones (excluding diaryl/α,β-unsaturated/α-hetero) is 1. The van der Waals surface area contributed by atoms with Gasteiger partial charge in [-0.2, -0.15) is 4.31 Å². The molecule has 1 atom stereocenters. The zero-order valence-corrected chi connectivity index (χ0v) is 10.5. The van der Waals surface area contributed by atoms with Crippen LogP contribution in [0.2, 0.25) is 0 Å². The molecule has 0 aliphatic carbocycles. The number of hydrogen-bond donors (Lipinski definition) is 0. The van der Waals surface area contributed by atoms with E-state index in [1.807, 2.05) is 30.3 Å². The van der Waals surface area contributed by atoms with E-state index in [-0.39, 0.29) is 24.8 Å². The lowest BCUT2D eigenvalue weighted by Gasteiger charge is -2.33. The quantitative estimate of drug-likeness (QED) is 0.799. The molecule has 0 amide bonds. The van der Waals surface area contributed by atoms with Crippen LogP contribution < -0.4 is 0 Å². The molecule has 1 fully saturated rings. The fraction of sp³-hybridized carbons (Fsp3) is 0.417. The average molecular weight is 253 g/mol. The van der Waals surface area contributed by atoms with Crippen molar-refractivity contribution in [1.29, 1.82) is 0 Å². The highest BCUT2D eigenvalue weighted by atomic mass is 32.2. The molecule has 0 radical (unpaired) electrons. The van der Waals surface area contributed by atoms with E-state index < -0.39 is 10.0 Å². The molecule has 0 aromatic heterocycles. The van der Waals surface area contributed by atoms with Crippen LogP contribution >= 0.6 is 0 Å². The minimum absolute atomic E-state index is 0.124. The standard InChI is InChI=1S/C12H15NO3S/c1-17(15,16)13-8-7-11(14)9-12(13)10-5-3-2-4-6-10/h2-6,12H,7-9H2,1H3. The maximum Gasteiger partial charge on any atom is 0.211 e. The molecule has 92 valence electrons. The van der Waals surface area contributed by atoms with Crippen LogP contribution in [0.1, 0.15) is 24.4 Å². The summed E-state index contributed by atoms with van der Waals surface area (Å²) in [6.07, 6.45) is 1.78. The molecule has 1 aliphatic rings. The maximum atomic E-state index is 11.7. The first kappa shape index (κ1) is 12.3. The highest BCUT2D eigenvalue weighted by molar-refractivity contribution is 7.88. The fourth-order valence-electron chi connectivity index (χ4n) is 2.17. The van der Waals surface area contributed by atoms with Crippen LogP contribution in [0.3, 0.4) is 0 Å². The van der Waals surface area contributed by atoms with Crippen molar-refractivity contribution in [3.63, 3.8) is 0 Å². The molecule has 0 bridgehead atoms. The summed E-state index contributed by atoms with van der Waals surface area (Å²) in [6, 6.07) is 8.97. The van der Waals surface area contributed by atoms with Gasteiger partial charge < -0.3 is 0 Å². The third kappa shape index (κ3) is 2.73. The van der Waals surface area contributed by atoms with E-state index in [0.29, 0.717) is 6.42 Å². The van der Waals surface area contributed by atoms with E-state index in [0.717, 1.165) is 5.56 Å². The zero-order valence-electron chi connectivity index (χ0n) is 9.67. The van der Waals surface area contributed by atoms with Crippen LogP contribution in [0.5, 0.6) is 0 Å². The van der Waals surface area contributed by atoms with Gasteiger partial charge in [0, 0.05) is 19.4 Å². The summed E-state index contributed by atoms with van der Waals surface area (Å²) in [5.74, 6) is 0.124. The lowest BCUT2D eigenvalue weighted by atomic mass is 9.97. The number of piperidine rings is 1. The number of nitrogens with zero attached hydrogens (tertiary/aromatic N) is 1. The first-order valence-corrected chi connectivity index (χ1v) is 7.37. The van der Waals surface area contributed by atoms with Crippen molar-refractivity contribution >= 4 is 15.8 Å². The number of benzene rings is 1. The Morgan fingerprint density at radius 2 is 1.88 bits per heavy atom. The van der Waals surface area contributed by atoms with Crippen LogP contribution in [0, 0.1) is 0 Å². The summed E-state index contributed by atoms with van der Waals surface area (Å²) in [6.45, 7) is 0.289. The highest BCUT2D eigenvalue weighted by Gasteiger charge is 2.33. The predicted molar refractivity (Wildman–Crippen MR) is 65.0 cm³/mol. The summed E-state index contributed by atoms with van der Waals surface area (Å²) in [7, 11) is -3.27. The molecule has 5 heteroatoms. The Labute approximate surface area is 101 Å². The molecule has 1 aromatic carbocycles. The number of carbonyl (C=O) groups excluding carboxylic acids is 1. The van der Waals surface area contributed by atoms with Gasteiger partial charge >= 0.3 is 0 Å². The number of sulfonamides is 1. The number of ketones is 1. The van der Waals surface area contributed by atoms with Crippen molar-refractivity contribution < 1.29 is 13.2 Å². The molecular weight excluding hydrogens is 238 g/mol. The van der Waals surface area contributed by atoms with Gasteiger partial charge in [0.1, 0.15) is 5.78 Å². The Kier molecular flexibility index (Phi) is 3.31. The smallest absolute Gasteiger partial charge is 0.211 e. The SMILES string of the molecule is CS(=O)(=O)N1CCC(=O)CC1c1ccccc1. The summed E-state index contributed by atoms with van der Waals surface area (Å²) in [4.78, 5) is 11.5. The molecule has 1 aliphatic heterocycles. The Hall–Kier alpha value is -1.20. The Morgan fingerprint density at radius 1 is 1.24 bits per heavy atom. The van der Waals surface area contributed by atoms with Crippen molar-refractivity contribution in [3.05, 3.63) is 35.9 Å². The summed E-state index contributed by atoms with van der Waals surface area (Å²) < 4.78 is 24.8. The van der Waals surface area contributed by atoms with Crippen molar-refractivity contribution in [1.82, 2.24) is 4.31 Å². The highest BCUT2D eigenvalue weighted by Crippen LogP contribution is 2.30. The van der Waals surface area contributed by atoms with E-state index in [9.17, 15) is 13.2 Å². The molecule has 17 heavy (non-hydrogen) atoms. The lowest BCUT2D eigenvalue weighted by molar-refractivity contribution is -0.121. The van der Waals surface area contributed by atoms with E-state index in [4.69, 9.17) is 0 Å². The van der Waals surface area contributed by atoms with E-state index >= 15 is 0 Å². The van der Waals surface area contributed by atoms with Gasteiger partial charge in [0.25, 0.3) is 0 Å². The monoisotopic (exact) mass is 253 g/mol. The topological polar surface area (TPSA) is 54.5 Å². The van der Waals surface area contributed by atoms with Crippen molar-refractivity contribution in [2.75, 3.05) is 12.8 Å². The Morgan fingerprint density at radius 3 is 2.47 bits per heavy atom. The summed E-state index contributed by atoms with van der Waals surface area (Å²) in [5.41, 5.74) is 0.881. The predicted octanol–water partition coefficient (Wildman–Crippen LogP) is 1.35. The van der Waals surface area contributed by atoms with Gasteiger partial charge in [-0.15, -0.1) is 0 Å². The van der Waals surface area contributed by atoms with E-state index in [1.54, 1.807) is 0 Å². The van der Waals surface area contributed by atoms with Crippen LogP contribution in [0.15, 0.2) is 30.3 Å². The molecule has 1 unspecified atom stereocenters. The second kappa shape index (κ2) is 4.58. The van der Waals surface area contributed by atoms with Crippen LogP contribution in [-0.4, -0.2) is 31.3 Å². The molecule has 1 heterocycles. The molecule has 0 spiro atoms. The molecule has 4 nitrogen and oxygen atoms in total. The first-order valence-electron chi connectivity index (χ1n) is 5.52. The summed E-state index contributed by atoms with van der Waals surface area (Å²) >= 11 is 0. The van der Waals surface area contributed by atoms with E-state index in [1.165, 1.54) is 10.6 Å². The average Bonchev–Trinajstić information content (AvgIpc) is 2.28. The number of hydrogen-bond acceptors (Lipinski definition) is 3. The minimum atomic E-state index is -3.27. The van der Waals surface area contributed by atoms with Gasteiger partial charge in [0.05, 0.1) is 12.3 Å². The lowest BCUT2D eigenvalue weighted by Crippen LogP contribution is -2.40. The van der Waals surface area contributed by atoms with Crippen LogP contribution in [0.4, 0.5) is 0 Å². The largest absolute Gasteiger partial charge is 0.300 e. The van der Waals surface area contributed by atoms with Gasteiger partial charge in [-0.05, 0) is 5.56 Å². The van der Waals surface area contributed by atoms with E-state index in [2.05, 4.69) is 0 Å². The number of rotatable bonds is 2. The van der Waals surface area contributed by atoms with Gasteiger partial charge in [-0.25, -0.2) is 8.42 Å². The first-order chi connectivity index (χ1) is 7.98. The second-order valence-corrected chi connectivity index (χ2v) is 6.23. The van der Waals surface area contributed by atoms with Gasteiger partial charge in [0.2, 0.25) is 10.0 Å². The number of carbonyl (C=O) groups is 1. The van der Waals surface area contributed by atoms with Gasteiger partial charge in [-0.1, -0.05) is 30.3 Å². The van der Waals surface area contributed by atoms with Crippen molar-refractivity contribution in [3.8, 4) is 0 Å². The van der Waals surface area contributed by atoms with Crippen molar-refractivity contribution in [2.24, 2.45) is 0 Å². The Bertz CT molecular complexity index is 510. The van der Waals surface area contributed by atoms with Crippen LogP contribution in [-0.2, 0) is 14.8 Å². The van der Waals surface area contributed by atoms with Gasteiger partial charge in [0.15, 0.2) is 0 Å². The molecule has 0 N–H and O–H groups in total. The molecule has 0 saturated carbocycles. The van der Waals surface area contributed by atoms with Crippen molar-refractivity contribution in [2.45, 2.75) is 18.9 Å². The molecule has 1 saturated heterocycles. The third-order valence-electron chi connectivity index (χ3n) is 2.99. The Balaban J connectivity index is 2.36. The third-order valence-corrected chi connectivity index (χ3v) is 4.28. The molecular formula is C12H15NO3S. The molecule has 2 rings (SSSR count). The second-order valence-electron chi connectivity index (χ2n) is 4.29. The minimum Gasteiger partial charge on any atom is -0.300 e. The fourth-order valence-corrected chi connectivity index (χ4v) is 3.25.